The second kappa shape index (κ2) is 7.55. The van der Waals surface area contributed by atoms with E-state index >= 15 is 0 Å². The molecule has 7 heteroatoms. The van der Waals surface area contributed by atoms with Crippen LogP contribution in [0.3, 0.4) is 0 Å². The Morgan fingerprint density at radius 2 is 1.79 bits per heavy atom. The zero-order chi connectivity index (χ0) is 16.9. The molecule has 0 saturated carbocycles. The fourth-order valence-electron chi connectivity index (χ4n) is 2.14. The van der Waals surface area contributed by atoms with E-state index in [2.05, 4.69) is 15.5 Å². The summed E-state index contributed by atoms with van der Waals surface area (Å²) in [5, 5.41) is 8.26. The minimum atomic E-state index is 0.376. The van der Waals surface area contributed by atoms with Gasteiger partial charge in [-0.25, -0.2) is 0 Å². The molecule has 1 aromatic heterocycles. The Morgan fingerprint density at radius 3 is 2.46 bits per heavy atom. The van der Waals surface area contributed by atoms with Gasteiger partial charge in [-0.15, -0.1) is 0 Å². The first-order valence-electron chi connectivity index (χ1n) is 7.40. The van der Waals surface area contributed by atoms with Gasteiger partial charge in [-0.3, -0.25) is 0 Å². The zero-order valence-electron chi connectivity index (χ0n) is 12.9. The van der Waals surface area contributed by atoms with Crippen molar-refractivity contribution in [1.29, 1.82) is 0 Å². The largest absolute Gasteiger partial charge is 0.494 e. The number of hydrogen-bond acceptors (Lipinski definition) is 5. The third-order valence-electron chi connectivity index (χ3n) is 3.20. The van der Waals surface area contributed by atoms with Crippen molar-refractivity contribution < 1.29 is 9.26 Å². The lowest BCUT2D eigenvalue weighted by atomic mass is 10.2. The molecular formula is C17H15Cl2N3O2. The maximum Gasteiger partial charge on any atom is 0.246 e. The minimum Gasteiger partial charge on any atom is -0.494 e. The minimum absolute atomic E-state index is 0.376. The summed E-state index contributed by atoms with van der Waals surface area (Å²) in [4.78, 5) is 4.37. The van der Waals surface area contributed by atoms with Crippen LogP contribution in [0.25, 0.3) is 11.4 Å². The average Bonchev–Trinajstić information content (AvgIpc) is 3.02. The van der Waals surface area contributed by atoms with Gasteiger partial charge >= 0.3 is 0 Å². The molecule has 0 fully saturated rings. The SMILES string of the molecule is CCOc1ccc(-c2noc(CNc3cc(Cl)cc(Cl)c3)n2)cc1. The highest BCUT2D eigenvalue weighted by Gasteiger charge is 2.09. The van der Waals surface area contributed by atoms with Gasteiger partial charge in [0.1, 0.15) is 5.75 Å². The first kappa shape index (κ1) is 16.6. The molecule has 5 nitrogen and oxygen atoms in total. The predicted molar refractivity (Wildman–Crippen MR) is 94.7 cm³/mol. The highest BCUT2D eigenvalue weighted by Crippen LogP contribution is 2.23. The van der Waals surface area contributed by atoms with Gasteiger partial charge in [-0.1, -0.05) is 28.4 Å². The number of ether oxygens (including phenoxy) is 1. The van der Waals surface area contributed by atoms with Crippen LogP contribution in [-0.2, 0) is 6.54 Å². The molecule has 0 aliphatic rings. The van der Waals surface area contributed by atoms with Gasteiger partial charge < -0.3 is 14.6 Å². The molecule has 0 unspecified atom stereocenters. The van der Waals surface area contributed by atoms with Crippen molar-refractivity contribution in [2.75, 3.05) is 11.9 Å². The molecule has 0 radical (unpaired) electrons. The normalized spacial score (nSPS) is 10.6. The highest BCUT2D eigenvalue weighted by molar-refractivity contribution is 6.35. The van der Waals surface area contributed by atoms with E-state index in [9.17, 15) is 0 Å². The summed E-state index contributed by atoms with van der Waals surface area (Å²) in [7, 11) is 0. The van der Waals surface area contributed by atoms with Crippen LogP contribution in [0.5, 0.6) is 5.75 Å². The molecule has 2 aromatic carbocycles. The number of nitrogens with one attached hydrogen (secondary N) is 1. The van der Waals surface area contributed by atoms with Gasteiger partial charge in [0.15, 0.2) is 0 Å². The van der Waals surface area contributed by atoms with Gasteiger partial charge in [0.05, 0.1) is 13.2 Å². The van der Waals surface area contributed by atoms with Gasteiger partial charge in [0, 0.05) is 21.3 Å². The Morgan fingerprint density at radius 1 is 1.08 bits per heavy atom. The maximum atomic E-state index is 5.97. The average molecular weight is 364 g/mol. The Kier molecular flexibility index (Phi) is 5.23. The summed E-state index contributed by atoms with van der Waals surface area (Å²) in [5.74, 6) is 1.80. The lowest BCUT2D eigenvalue weighted by molar-refractivity contribution is 0.340. The molecule has 0 aliphatic carbocycles. The van der Waals surface area contributed by atoms with Crippen LogP contribution in [0.15, 0.2) is 47.0 Å². The predicted octanol–water partition coefficient (Wildman–Crippen LogP) is 5.05. The van der Waals surface area contributed by atoms with E-state index in [1.807, 2.05) is 31.2 Å². The van der Waals surface area contributed by atoms with E-state index in [-0.39, 0.29) is 0 Å². The van der Waals surface area contributed by atoms with Gasteiger partial charge in [-0.05, 0) is 49.4 Å². The number of anilines is 1. The van der Waals surface area contributed by atoms with Crippen LogP contribution in [0.2, 0.25) is 10.0 Å². The summed E-state index contributed by atoms with van der Waals surface area (Å²) in [6.07, 6.45) is 0. The van der Waals surface area contributed by atoms with Crippen molar-refractivity contribution in [1.82, 2.24) is 10.1 Å². The second-order valence-electron chi connectivity index (χ2n) is 4.98. The fourth-order valence-corrected chi connectivity index (χ4v) is 2.67. The van der Waals surface area contributed by atoms with Crippen molar-refractivity contribution in [2.24, 2.45) is 0 Å². The van der Waals surface area contributed by atoms with E-state index in [1.165, 1.54) is 0 Å². The number of rotatable bonds is 6. The van der Waals surface area contributed by atoms with Crippen LogP contribution in [0.1, 0.15) is 12.8 Å². The molecule has 3 rings (SSSR count). The maximum absolute atomic E-state index is 5.97. The molecule has 0 spiro atoms. The van der Waals surface area contributed by atoms with Crippen LogP contribution in [0, 0.1) is 0 Å². The van der Waals surface area contributed by atoms with Crippen LogP contribution in [0.4, 0.5) is 5.69 Å². The van der Waals surface area contributed by atoms with E-state index < -0.39 is 0 Å². The summed E-state index contributed by atoms with van der Waals surface area (Å²) < 4.78 is 10.7. The van der Waals surface area contributed by atoms with Crippen molar-refractivity contribution in [3.05, 3.63) is 58.4 Å². The van der Waals surface area contributed by atoms with Crippen molar-refractivity contribution in [2.45, 2.75) is 13.5 Å². The monoisotopic (exact) mass is 363 g/mol. The van der Waals surface area contributed by atoms with Gasteiger partial charge in [-0.2, -0.15) is 4.98 Å². The molecule has 0 saturated heterocycles. The van der Waals surface area contributed by atoms with Gasteiger partial charge in [0.25, 0.3) is 0 Å². The summed E-state index contributed by atoms with van der Waals surface area (Å²) in [6.45, 7) is 2.95. The number of nitrogens with zero attached hydrogens (tertiary/aromatic N) is 2. The quantitative estimate of drug-likeness (QED) is 0.663. The Bertz CT molecular complexity index is 799. The zero-order valence-corrected chi connectivity index (χ0v) is 14.4. The van der Waals surface area contributed by atoms with Gasteiger partial charge in [0.2, 0.25) is 11.7 Å². The molecule has 24 heavy (non-hydrogen) atoms. The van der Waals surface area contributed by atoms with Crippen LogP contribution in [-0.4, -0.2) is 16.7 Å². The van der Waals surface area contributed by atoms with Crippen molar-refractivity contribution in [3.8, 4) is 17.1 Å². The number of aromatic nitrogens is 2. The molecule has 3 aromatic rings. The fraction of sp³-hybridized carbons (Fsp3) is 0.176. The Hall–Kier alpha value is -2.24. The van der Waals surface area contributed by atoms with Crippen LogP contribution >= 0.6 is 23.2 Å². The molecule has 124 valence electrons. The van der Waals surface area contributed by atoms with E-state index in [4.69, 9.17) is 32.5 Å². The molecule has 1 N–H and O–H groups in total. The molecule has 1 heterocycles. The summed E-state index contributed by atoms with van der Waals surface area (Å²) in [5.41, 5.74) is 1.65. The second-order valence-corrected chi connectivity index (χ2v) is 5.85. The summed E-state index contributed by atoms with van der Waals surface area (Å²) >= 11 is 11.9. The standard InChI is InChI=1S/C17H15Cl2N3O2/c1-2-23-15-5-3-11(4-6-15)17-21-16(24-22-17)10-20-14-8-12(18)7-13(19)9-14/h3-9,20H,2,10H2,1H3. The Labute approximate surface area is 149 Å². The van der Waals surface area contributed by atoms with Crippen LogP contribution < -0.4 is 10.1 Å². The molecule has 0 aliphatic heterocycles. The topological polar surface area (TPSA) is 60.2 Å². The molecule has 0 atom stereocenters. The highest BCUT2D eigenvalue weighted by atomic mass is 35.5. The number of hydrogen-bond donors (Lipinski definition) is 1. The molecular weight excluding hydrogens is 349 g/mol. The van der Waals surface area contributed by atoms with E-state index in [1.54, 1.807) is 18.2 Å². The Balaban J connectivity index is 1.66. The summed E-state index contributed by atoms with van der Waals surface area (Å²) in [6, 6.07) is 12.8. The van der Waals surface area contributed by atoms with E-state index in [0.29, 0.717) is 34.9 Å². The smallest absolute Gasteiger partial charge is 0.246 e. The van der Waals surface area contributed by atoms with Crippen molar-refractivity contribution in [3.63, 3.8) is 0 Å². The van der Waals surface area contributed by atoms with Crippen molar-refractivity contribution >= 4 is 28.9 Å². The lowest BCUT2D eigenvalue weighted by Gasteiger charge is -2.04. The molecule has 0 bridgehead atoms. The third kappa shape index (κ3) is 4.19. The lowest BCUT2D eigenvalue weighted by Crippen LogP contribution is -1.99. The third-order valence-corrected chi connectivity index (χ3v) is 3.63. The first-order chi connectivity index (χ1) is 11.6. The number of halogens is 2. The first-order valence-corrected chi connectivity index (χ1v) is 8.15. The van der Waals surface area contributed by atoms with E-state index in [0.717, 1.165) is 17.0 Å². The molecule has 0 amide bonds. The number of benzene rings is 2.